The van der Waals surface area contributed by atoms with Gasteiger partial charge in [-0.15, -0.1) is 0 Å². The molecule has 0 bridgehead atoms. The Bertz CT molecular complexity index is 797. The number of rotatable bonds is 3. The Balaban J connectivity index is 0.000000412. The summed E-state index contributed by atoms with van der Waals surface area (Å²) in [5, 5.41) is 15.8. The van der Waals surface area contributed by atoms with Crippen LogP contribution < -0.4 is 5.73 Å². The fourth-order valence-corrected chi connectivity index (χ4v) is 1.98. The average molecular weight is 386 g/mol. The third-order valence-corrected chi connectivity index (χ3v) is 3.09. The van der Waals surface area contributed by atoms with E-state index in [4.69, 9.17) is 20.7 Å². The second kappa shape index (κ2) is 7.64. The summed E-state index contributed by atoms with van der Waals surface area (Å²) in [4.78, 5) is 22.3. The van der Waals surface area contributed by atoms with Crippen molar-refractivity contribution in [3.63, 3.8) is 0 Å². The standard InChI is InChI=1S/C12H11F3N2O2.C2HF3O2/c13-12(14,15)7-2-1-3-9-10(7)6(5-17-9)4-8(16)11(18)19;3-2(4,5)1(6)7/h1-3,5,8,17H,4,16H2,(H,18,19);(H,6,7)/t8-;/m0./s1. The number of hydrogen-bond acceptors (Lipinski definition) is 3. The second-order valence-corrected chi connectivity index (χ2v) is 4.99. The molecule has 0 unspecified atom stereocenters. The van der Waals surface area contributed by atoms with E-state index >= 15 is 0 Å². The molecule has 0 spiro atoms. The van der Waals surface area contributed by atoms with Gasteiger partial charge in [0.15, 0.2) is 0 Å². The minimum atomic E-state index is -5.08. The van der Waals surface area contributed by atoms with Crippen molar-refractivity contribution < 1.29 is 46.1 Å². The van der Waals surface area contributed by atoms with Crippen molar-refractivity contribution in [1.29, 1.82) is 0 Å². The molecule has 2 aromatic rings. The molecule has 0 saturated carbocycles. The van der Waals surface area contributed by atoms with Crippen LogP contribution in [0.25, 0.3) is 10.9 Å². The molecule has 12 heteroatoms. The van der Waals surface area contributed by atoms with Crippen molar-refractivity contribution in [2.45, 2.75) is 24.8 Å². The molecule has 0 aliphatic carbocycles. The summed E-state index contributed by atoms with van der Waals surface area (Å²) in [6, 6.07) is 2.52. The summed E-state index contributed by atoms with van der Waals surface area (Å²) in [6.07, 6.45) is -8.38. The molecule has 1 atom stereocenters. The first-order valence-electron chi connectivity index (χ1n) is 6.69. The maximum absolute atomic E-state index is 12.9. The van der Waals surface area contributed by atoms with Gasteiger partial charge >= 0.3 is 24.3 Å². The molecular formula is C14H12F6N2O4. The van der Waals surface area contributed by atoms with Crippen LogP contribution >= 0.6 is 0 Å². The summed E-state index contributed by atoms with van der Waals surface area (Å²) in [5.41, 5.74) is 5.13. The van der Waals surface area contributed by atoms with Gasteiger partial charge in [0.1, 0.15) is 6.04 Å². The summed E-state index contributed by atoms with van der Waals surface area (Å²) in [5.74, 6) is -4.01. The van der Waals surface area contributed by atoms with Gasteiger partial charge in [-0.05, 0) is 17.7 Å². The molecule has 0 aliphatic heterocycles. The number of carbonyl (C=O) groups is 2. The second-order valence-electron chi connectivity index (χ2n) is 4.99. The van der Waals surface area contributed by atoms with E-state index < -0.39 is 35.9 Å². The first-order chi connectivity index (χ1) is 11.7. The Labute approximate surface area is 141 Å². The van der Waals surface area contributed by atoms with E-state index in [1.54, 1.807) is 0 Å². The Morgan fingerprint density at radius 1 is 1.12 bits per heavy atom. The molecular weight excluding hydrogens is 374 g/mol. The lowest BCUT2D eigenvalue weighted by Gasteiger charge is -2.11. The van der Waals surface area contributed by atoms with Crippen LogP contribution in [-0.4, -0.2) is 39.4 Å². The van der Waals surface area contributed by atoms with Crippen LogP contribution in [0.1, 0.15) is 11.1 Å². The molecule has 144 valence electrons. The van der Waals surface area contributed by atoms with Crippen molar-refractivity contribution in [3.05, 3.63) is 35.5 Å². The summed E-state index contributed by atoms with van der Waals surface area (Å²) in [7, 11) is 0. The monoisotopic (exact) mass is 386 g/mol. The minimum absolute atomic E-state index is 0.0216. The van der Waals surface area contributed by atoms with E-state index in [1.165, 1.54) is 18.3 Å². The molecule has 1 heterocycles. The first kappa shape index (κ1) is 21.3. The van der Waals surface area contributed by atoms with E-state index in [0.717, 1.165) is 6.07 Å². The number of aliphatic carboxylic acids is 2. The van der Waals surface area contributed by atoms with Crippen LogP contribution in [0.15, 0.2) is 24.4 Å². The largest absolute Gasteiger partial charge is 0.490 e. The lowest BCUT2D eigenvalue weighted by Crippen LogP contribution is -2.32. The van der Waals surface area contributed by atoms with Crippen molar-refractivity contribution in [2.75, 3.05) is 0 Å². The van der Waals surface area contributed by atoms with Gasteiger partial charge in [0.2, 0.25) is 0 Å². The number of hydrogen-bond donors (Lipinski definition) is 4. The fraction of sp³-hybridized carbons (Fsp3) is 0.286. The van der Waals surface area contributed by atoms with Gasteiger partial charge in [-0.1, -0.05) is 6.07 Å². The number of halogens is 6. The van der Waals surface area contributed by atoms with Crippen molar-refractivity contribution in [3.8, 4) is 0 Å². The number of aromatic amines is 1. The lowest BCUT2D eigenvalue weighted by atomic mass is 10.0. The number of carboxylic acid groups (broad SMARTS) is 2. The Hall–Kier alpha value is -2.76. The highest BCUT2D eigenvalue weighted by Gasteiger charge is 2.38. The Morgan fingerprint density at radius 3 is 2.08 bits per heavy atom. The van der Waals surface area contributed by atoms with E-state index in [2.05, 4.69) is 4.98 Å². The first-order valence-corrected chi connectivity index (χ1v) is 6.69. The van der Waals surface area contributed by atoms with Crippen LogP contribution in [0.2, 0.25) is 0 Å². The molecule has 26 heavy (non-hydrogen) atoms. The third-order valence-electron chi connectivity index (χ3n) is 3.09. The van der Waals surface area contributed by atoms with Gasteiger partial charge in [0, 0.05) is 23.5 Å². The summed E-state index contributed by atoms with van der Waals surface area (Å²) >= 11 is 0. The van der Waals surface area contributed by atoms with Gasteiger partial charge in [-0.25, -0.2) is 4.79 Å². The lowest BCUT2D eigenvalue weighted by molar-refractivity contribution is -0.192. The number of H-pyrrole nitrogens is 1. The quantitative estimate of drug-likeness (QED) is 0.606. The molecule has 1 aromatic carbocycles. The van der Waals surface area contributed by atoms with E-state index in [0.29, 0.717) is 5.52 Å². The highest BCUT2D eigenvalue weighted by Crippen LogP contribution is 2.36. The normalized spacial score (nSPS) is 13.0. The van der Waals surface area contributed by atoms with Crippen molar-refractivity contribution in [1.82, 2.24) is 4.98 Å². The van der Waals surface area contributed by atoms with Gasteiger partial charge in [-0.2, -0.15) is 26.3 Å². The highest BCUT2D eigenvalue weighted by atomic mass is 19.4. The zero-order valence-corrected chi connectivity index (χ0v) is 12.6. The number of nitrogens with two attached hydrogens (primary N) is 1. The molecule has 6 nitrogen and oxygen atoms in total. The fourth-order valence-electron chi connectivity index (χ4n) is 1.98. The van der Waals surface area contributed by atoms with Gasteiger partial charge < -0.3 is 20.9 Å². The molecule has 0 radical (unpaired) electrons. The van der Waals surface area contributed by atoms with Crippen LogP contribution in [0, 0.1) is 0 Å². The number of fused-ring (bicyclic) bond motifs is 1. The van der Waals surface area contributed by atoms with E-state index in [9.17, 15) is 31.1 Å². The maximum atomic E-state index is 12.9. The number of carboxylic acids is 2. The number of nitrogens with one attached hydrogen (secondary N) is 1. The number of benzene rings is 1. The highest BCUT2D eigenvalue weighted by molar-refractivity contribution is 5.88. The molecule has 0 fully saturated rings. The zero-order valence-electron chi connectivity index (χ0n) is 12.6. The molecule has 0 amide bonds. The number of aromatic nitrogens is 1. The Kier molecular flexibility index (Phi) is 6.25. The van der Waals surface area contributed by atoms with Crippen molar-refractivity contribution >= 4 is 22.8 Å². The van der Waals surface area contributed by atoms with E-state index in [-0.39, 0.29) is 17.4 Å². The third kappa shape index (κ3) is 5.37. The zero-order chi connectivity index (χ0) is 20.3. The maximum Gasteiger partial charge on any atom is 0.490 e. The molecule has 2 rings (SSSR count). The van der Waals surface area contributed by atoms with Crippen LogP contribution in [0.4, 0.5) is 26.3 Å². The molecule has 1 aromatic heterocycles. The SMILES string of the molecule is N[C@@H](Cc1c[nH]c2cccc(C(F)(F)F)c12)C(=O)O.O=C(O)C(F)(F)F. The van der Waals surface area contributed by atoms with Crippen LogP contribution in [-0.2, 0) is 22.2 Å². The molecule has 0 aliphatic rings. The number of alkyl halides is 6. The Morgan fingerprint density at radius 2 is 1.65 bits per heavy atom. The van der Waals surface area contributed by atoms with Gasteiger partial charge in [-0.3, -0.25) is 4.79 Å². The minimum Gasteiger partial charge on any atom is -0.480 e. The van der Waals surface area contributed by atoms with E-state index in [1.807, 2.05) is 0 Å². The summed E-state index contributed by atoms with van der Waals surface area (Å²) < 4.78 is 70.5. The van der Waals surface area contributed by atoms with Crippen molar-refractivity contribution in [2.24, 2.45) is 5.73 Å². The average Bonchev–Trinajstić information content (AvgIpc) is 2.89. The molecule has 5 N–H and O–H groups in total. The van der Waals surface area contributed by atoms with Gasteiger partial charge in [0.05, 0.1) is 5.56 Å². The molecule has 0 saturated heterocycles. The smallest absolute Gasteiger partial charge is 0.480 e. The summed E-state index contributed by atoms with van der Waals surface area (Å²) in [6.45, 7) is 0. The topological polar surface area (TPSA) is 116 Å². The van der Waals surface area contributed by atoms with Gasteiger partial charge in [0.25, 0.3) is 0 Å². The van der Waals surface area contributed by atoms with Crippen LogP contribution in [0.3, 0.4) is 0 Å². The predicted molar refractivity (Wildman–Crippen MR) is 76.3 cm³/mol. The predicted octanol–water partition coefficient (Wildman–Crippen LogP) is 2.77. The van der Waals surface area contributed by atoms with Crippen LogP contribution in [0.5, 0.6) is 0 Å².